The van der Waals surface area contributed by atoms with Crippen LogP contribution in [-0.4, -0.2) is 16.9 Å². The van der Waals surface area contributed by atoms with E-state index in [-0.39, 0.29) is 11.4 Å². The molecule has 0 aliphatic rings. The summed E-state index contributed by atoms with van der Waals surface area (Å²) >= 11 is 0. The van der Waals surface area contributed by atoms with E-state index in [1.165, 1.54) is 26.3 Å². The zero-order valence-electron chi connectivity index (χ0n) is 10.3. The number of methoxy groups -OCH3 is 1. The van der Waals surface area contributed by atoms with Crippen molar-refractivity contribution >= 4 is 5.82 Å². The summed E-state index contributed by atoms with van der Waals surface area (Å²) in [5, 5.41) is 3.44. The van der Waals surface area contributed by atoms with Crippen molar-refractivity contribution in [3.05, 3.63) is 30.0 Å². The molecule has 0 unspecified atom stereocenters. The van der Waals surface area contributed by atoms with Gasteiger partial charge in [0.2, 0.25) is 0 Å². The van der Waals surface area contributed by atoms with Crippen molar-refractivity contribution in [3.8, 4) is 16.9 Å². The molecule has 0 radical (unpaired) electrons. The highest BCUT2D eigenvalue weighted by Gasteiger charge is 2.38. The van der Waals surface area contributed by atoms with Crippen molar-refractivity contribution < 1.29 is 17.9 Å². The van der Waals surface area contributed by atoms with E-state index < -0.39 is 11.9 Å². The third-order valence-electron chi connectivity index (χ3n) is 2.74. The molecule has 19 heavy (non-hydrogen) atoms. The van der Waals surface area contributed by atoms with Crippen LogP contribution in [0.4, 0.5) is 19.0 Å². The van der Waals surface area contributed by atoms with Gasteiger partial charge in [-0.1, -0.05) is 12.1 Å². The van der Waals surface area contributed by atoms with Gasteiger partial charge in [-0.3, -0.25) is 4.68 Å². The van der Waals surface area contributed by atoms with Crippen LogP contribution in [0.15, 0.2) is 24.3 Å². The maximum Gasteiger partial charge on any atom is 0.435 e. The first-order valence-electron chi connectivity index (χ1n) is 5.38. The van der Waals surface area contributed by atoms with Gasteiger partial charge in [0.1, 0.15) is 11.6 Å². The third-order valence-corrected chi connectivity index (χ3v) is 2.74. The van der Waals surface area contributed by atoms with E-state index in [1.54, 1.807) is 12.1 Å². The number of nitrogen functional groups attached to an aromatic ring is 1. The number of nitrogens with zero attached hydrogens (tertiary/aromatic N) is 2. The lowest BCUT2D eigenvalue weighted by atomic mass is 10.0. The Balaban J connectivity index is 2.60. The number of benzene rings is 1. The summed E-state index contributed by atoms with van der Waals surface area (Å²) in [5.41, 5.74) is 4.92. The van der Waals surface area contributed by atoms with Gasteiger partial charge >= 0.3 is 6.18 Å². The smallest absolute Gasteiger partial charge is 0.435 e. The van der Waals surface area contributed by atoms with Gasteiger partial charge in [-0.25, -0.2) is 0 Å². The van der Waals surface area contributed by atoms with Gasteiger partial charge < -0.3 is 10.5 Å². The Bertz CT molecular complexity index is 588. The Morgan fingerprint density at radius 1 is 1.21 bits per heavy atom. The first-order chi connectivity index (χ1) is 8.84. The highest BCUT2D eigenvalue weighted by Crippen LogP contribution is 2.39. The standard InChI is InChI=1S/C12H12F3N3O/c1-18-11(16)9(10(17-18)12(13,14)15)7-3-5-8(19-2)6-4-7/h3-6H,16H2,1-2H3. The predicted octanol–water partition coefficient (Wildman–Crippen LogP) is 2.70. The minimum atomic E-state index is -4.55. The molecule has 0 atom stereocenters. The number of aryl methyl sites for hydroxylation is 1. The topological polar surface area (TPSA) is 53.1 Å². The molecule has 1 aromatic heterocycles. The van der Waals surface area contributed by atoms with Crippen LogP contribution >= 0.6 is 0 Å². The summed E-state index contributed by atoms with van der Waals surface area (Å²) in [4.78, 5) is 0. The van der Waals surface area contributed by atoms with E-state index in [4.69, 9.17) is 10.5 Å². The number of nitrogens with two attached hydrogens (primary N) is 1. The van der Waals surface area contributed by atoms with Crippen LogP contribution in [0.25, 0.3) is 11.1 Å². The van der Waals surface area contributed by atoms with Crippen LogP contribution in [0.2, 0.25) is 0 Å². The monoisotopic (exact) mass is 271 g/mol. The Labute approximate surface area is 107 Å². The Hall–Kier alpha value is -2.18. The van der Waals surface area contributed by atoms with Crippen LogP contribution in [-0.2, 0) is 13.2 Å². The van der Waals surface area contributed by atoms with Gasteiger partial charge in [0.05, 0.1) is 12.7 Å². The lowest BCUT2D eigenvalue weighted by Crippen LogP contribution is -2.08. The Morgan fingerprint density at radius 2 is 1.79 bits per heavy atom. The van der Waals surface area contributed by atoms with Crippen molar-refractivity contribution in [2.24, 2.45) is 7.05 Å². The molecule has 4 nitrogen and oxygen atoms in total. The van der Waals surface area contributed by atoms with E-state index in [2.05, 4.69) is 5.10 Å². The van der Waals surface area contributed by atoms with Crippen molar-refractivity contribution in [1.82, 2.24) is 9.78 Å². The number of hydrogen-bond acceptors (Lipinski definition) is 3. The summed E-state index contributed by atoms with van der Waals surface area (Å²) in [6, 6.07) is 6.17. The summed E-state index contributed by atoms with van der Waals surface area (Å²) in [7, 11) is 2.85. The number of rotatable bonds is 2. The first kappa shape index (κ1) is 13.3. The lowest BCUT2D eigenvalue weighted by Gasteiger charge is -2.07. The van der Waals surface area contributed by atoms with Crippen LogP contribution in [0.3, 0.4) is 0 Å². The summed E-state index contributed by atoms with van der Waals surface area (Å²) < 4.78 is 44.7. The number of anilines is 1. The normalized spacial score (nSPS) is 11.6. The molecular formula is C12H12F3N3O. The highest BCUT2D eigenvalue weighted by molar-refractivity contribution is 5.77. The average molecular weight is 271 g/mol. The molecule has 0 fully saturated rings. The largest absolute Gasteiger partial charge is 0.497 e. The van der Waals surface area contributed by atoms with Crippen LogP contribution in [0.5, 0.6) is 5.75 Å². The van der Waals surface area contributed by atoms with Crippen molar-refractivity contribution in [2.45, 2.75) is 6.18 Å². The Kier molecular flexibility index (Phi) is 3.13. The van der Waals surface area contributed by atoms with Gasteiger partial charge in [-0.15, -0.1) is 0 Å². The molecule has 7 heteroatoms. The van der Waals surface area contributed by atoms with Gasteiger partial charge in [-0.05, 0) is 17.7 Å². The summed E-state index contributed by atoms with van der Waals surface area (Å²) in [5.74, 6) is 0.525. The lowest BCUT2D eigenvalue weighted by molar-refractivity contribution is -0.140. The van der Waals surface area contributed by atoms with E-state index in [0.29, 0.717) is 11.3 Å². The number of aromatic nitrogens is 2. The van der Waals surface area contributed by atoms with E-state index in [1.807, 2.05) is 0 Å². The van der Waals surface area contributed by atoms with E-state index in [0.717, 1.165) is 4.68 Å². The minimum absolute atomic E-state index is 0.0301. The van der Waals surface area contributed by atoms with Crippen LogP contribution in [0, 0.1) is 0 Å². The molecule has 1 aromatic carbocycles. The number of alkyl halides is 3. The van der Waals surface area contributed by atoms with Crippen molar-refractivity contribution in [2.75, 3.05) is 12.8 Å². The first-order valence-corrected chi connectivity index (χ1v) is 5.38. The molecule has 0 spiro atoms. The molecule has 2 N–H and O–H groups in total. The van der Waals surface area contributed by atoms with E-state index >= 15 is 0 Å². The van der Waals surface area contributed by atoms with Gasteiger partial charge in [0, 0.05) is 7.05 Å². The SMILES string of the molecule is COc1ccc(-c2c(C(F)(F)F)nn(C)c2N)cc1. The van der Waals surface area contributed by atoms with Gasteiger partial charge in [0.15, 0.2) is 5.69 Å². The van der Waals surface area contributed by atoms with Gasteiger partial charge in [0.25, 0.3) is 0 Å². The fraction of sp³-hybridized carbons (Fsp3) is 0.250. The van der Waals surface area contributed by atoms with Crippen LogP contribution < -0.4 is 10.5 Å². The maximum absolute atomic E-state index is 12.9. The second-order valence-corrected chi connectivity index (χ2v) is 3.96. The molecule has 0 saturated carbocycles. The molecule has 2 aromatic rings. The molecule has 102 valence electrons. The van der Waals surface area contributed by atoms with Crippen LogP contribution in [0.1, 0.15) is 5.69 Å². The summed E-state index contributed by atoms with van der Waals surface area (Å²) in [6.07, 6.45) is -4.55. The average Bonchev–Trinajstić information content (AvgIpc) is 2.66. The molecule has 0 aliphatic carbocycles. The number of hydrogen-bond donors (Lipinski definition) is 1. The Morgan fingerprint density at radius 3 is 2.26 bits per heavy atom. The molecular weight excluding hydrogens is 259 g/mol. The van der Waals surface area contributed by atoms with Gasteiger partial charge in [-0.2, -0.15) is 18.3 Å². The van der Waals surface area contributed by atoms with Crippen molar-refractivity contribution in [1.29, 1.82) is 0 Å². The predicted molar refractivity (Wildman–Crippen MR) is 64.6 cm³/mol. The quantitative estimate of drug-likeness (QED) is 0.913. The summed E-state index contributed by atoms with van der Waals surface area (Å²) in [6.45, 7) is 0. The second kappa shape index (κ2) is 4.49. The second-order valence-electron chi connectivity index (χ2n) is 3.96. The third kappa shape index (κ3) is 2.35. The maximum atomic E-state index is 12.9. The minimum Gasteiger partial charge on any atom is -0.497 e. The zero-order valence-corrected chi connectivity index (χ0v) is 10.3. The fourth-order valence-electron chi connectivity index (χ4n) is 1.78. The number of ether oxygens (including phenoxy) is 1. The van der Waals surface area contributed by atoms with Crippen molar-refractivity contribution in [3.63, 3.8) is 0 Å². The molecule has 1 heterocycles. The molecule has 0 bridgehead atoms. The number of halogens is 3. The fourth-order valence-corrected chi connectivity index (χ4v) is 1.78. The molecule has 0 aliphatic heterocycles. The molecule has 0 amide bonds. The molecule has 0 saturated heterocycles. The highest BCUT2D eigenvalue weighted by atomic mass is 19.4. The molecule has 2 rings (SSSR count). The zero-order chi connectivity index (χ0) is 14.2. The van der Waals surface area contributed by atoms with E-state index in [9.17, 15) is 13.2 Å².